The van der Waals surface area contributed by atoms with Gasteiger partial charge in [-0.05, 0) is 78.4 Å². The highest BCUT2D eigenvalue weighted by molar-refractivity contribution is 6.12. The molecule has 1 aromatic rings. The Hall–Kier alpha value is -3.72. The van der Waals surface area contributed by atoms with E-state index in [0.29, 0.717) is 11.8 Å². The molecule has 1 aromatic carbocycles. The van der Waals surface area contributed by atoms with Gasteiger partial charge in [0.1, 0.15) is 0 Å². The zero-order valence-corrected chi connectivity index (χ0v) is 24.2. The van der Waals surface area contributed by atoms with E-state index in [9.17, 15) is 4.79 Å². The number of nitrogens with zero attached hydrogens (tertiary/aromatic N) is 1. The summed E-state index contributed by atoms with van der Waals surface area (Å²) in [7, 11) is 0. The average molecular weight is 523 g/mol. The first-order valence-corrected chi connectivity index (χ1v) is 14.1. The van der Waals surface area contributed by atoms with Gasteiger partial charge >= 0.3 is 0 Å². The number of benzene rings is 1. The van der Waals surface area contributed by atoms with Gasteiger partial charge in [-0.3, -0.25) is 9.79 Å². The molecule has 3 nitrogen and oxygen atoms in total. The van der Waals surface area contributed by atoms with Crippen molar-refractivity contribution in [3.05, 3.63) is 132 Å². The number of primary amides is 1. The molecule has 0 spiro atoms. The number of hydrogen-bond acceptors (Lipinski definition) is 2. The van der Waals surface area contributed by atoms with Gasteiger partial charge in [0.25, 0.3) is 0 Å². The van der Waals surface area contributed by atoms with E-state index in [2.05, 4.69) is 70.9 Å². The smallest absolute Gasteiger partial charge is 0.221 e. The summed E-state index contributed by atoms with van der Waals surface area (Å²) in [4.78, 5) is 15.8. The second-order valence-electron chi connectivity index (χ2n) is 10.3. The molecule has 1 aliphatic rings. The van der Waals surface area contributed by atoms with Crippen molar-refractivity contribution in [2.75, 3.05) is 0 Å². The lowest BCUT2D eigenvalue weighted by Gasteiger charge is -2.16. The molecule has 2 N–H and O–H groups in total. The predicted molar refractivity (Wildman–Crippen MR) is 170 cm³/mol. The van der Waals surface area contributed by atoms with Crippen LogP contribution in [0.15, 0.2) is 126 Å². The molecule has 0 radical (unpaired) electrons. The van der Waals surface area contributed by atoms with Crippen LogP contribution in [0.1, 0.15) is 64.0 Å². The fourth-order valence-corrected chi connectivity index (χ4v) is 4.68. The van der Waals surface area contributed by atoms with Gasteiger partial charge in [-0.15, -0.1) is 6.58 Å². The summed E-state index contributed by atoms with van der Waals surface area (Å²) in [5.41, 5.74) is 12.9. The van der Waals surface area contributed by atoms with Gasteiger partial charge < -0.3 is 5.73 Å². The van der Waals surface area contributed by atoms with Crippen molar-refractivity contribution in [3.8, 4) is 0 Å². The van der Waals surface area contributed by atoms with Crippen molar-refractivity contribution in [2.45, 2.75) is 65.7 Å². The molecule has 0 saturated carbocycles. The Morgan fingerprint density at radius 1 is 1.05 bits per heavy atom. The number of carbonyl (C=O) groups is 1. The van der Waals surface area contributed by atoms with Crippen LogP contribution in [-0.4, -0.2) is 11.6 Å². The number of allylic oxidation sites excluding steroid dienone is 12. The third-order valence-corrected chi connectivity index (χ3v) is 7.00. The third kappa shape index (κ3) is 10.9. The van der Waals surface area contributed by atoms with Gasteiger partial charge in [0.05, 0.1) is 12.1 Å². The molecule has 2 unspecified atom stereocenters. The molecule has 1 heterocycles. The van der Waals surface area contributed by atoms with Crippen molar-refractivity contribution >= 4 is 11.6 Å². The summed E-state index contributed by atoms with van der Waals surface area (Å²) >= 11 is 0. The van der Waals surface area contributed by atoms with Crippen LogP contribution in [0.25, 0.3) is 0 Å². The molecule has 2 rings (SSSR count). The largest absolute Gasteiger partial charge is 0.369 e. The van der Waals surface area contributed by atoms with E-state index in [1.54, 1.807) is 0 Å². The molecule has 3 heteroatoms. The first kappa shape index (κ1) is 31.5. The maximum Gasteiger partial charge on any atom is 0.221 e. The highest BCUT2D eigenvalue weighted by atomic mass is 16.1. The van der Waals surface area contributed by atoms with Crippen LogP contribution in [0.5, 0.6) is 0 Å². The Balaban J connectivity index is 2.09. The molecule has 2 atom stereocenters. The van der Waals surface area contributed by atoms with Gasteiger partial charge in [0.2, 0.25) is 5.91 Å². The minimum Gasteiger partial charge on any atom is -0.369 e. The summed E-state index contributed by atoms with van der Waals surface area (Å²) in [5, 5.41) is 0. The van der Waals surface area contributed by atoms with Gasteiger partial charge in [-0.1, -0.05) is 107 Å². The normalized spacial score (nSPS) is 15.9. The number of hydrogen-bond donors (Lipinski definition) is 1. The van der Waals surface area contributed by atoms with Crippen LogP contribution < -0.4 is 5.73 Å². The van der Waals surface area contributed by atoms with Crippen molar-refractivity contribution in [2.24, 2.45) is 22.6 Å². The van der Waals surface area contributed by atoms with E-state index in [-0.39, 0.29) is 12.3 Å². The lowest BCUT2D eigenvalue weighted by molar-refractivity contribution is -0.117. The fourth-order valence-electron chi connectivity index (χ4n) is 4.68. The Morgan fingerprint density at radius 2 is 1.74 bits per heavy atom. The molecule has 0 aromatic heterocycles. The van der Waals surface area contributed by atoms with Gasteiger partial charge in [0, 0.05) is 11.8 Å². The van der Waals surface area contributed by atoms with E-state index < -0.39 is 0 Å². The summed E-state index contributed by atoms with van der Waals surface area (Å²) in [6, 6.07) is 8.01. The third-order valence-electron chi connectivity index (χ3n) is 7.00. The van der Waals surface area contributed by atoms with E-state index in [4.69, 9.17) is 10.7 Å². The number of aliphatic imine (C=N–C) groups is 1. The van der Waals surface area contributed by atoms with Crippen LogP contribution in [0.4, 0.5) is 0 Å². The second-order valence-corrected chi connectivity index (χ2v) is 10.3. The molecule has 0 saturated heterocycles. The van der Waals surface area contributed by atoms with Crippen LogP contribution in [-0.2, 0) is 17.6 Å². The molecule has 206 valence electrons. The predicted octanol–water partition coefficient (Wildman–Crippen LogP) is 8.73. The summed E-state index contributed by atoms with van der Waals surface area (Å²) in [6.45, 7) is 19.1. The lowest BCUT2D eigenvalue weighted by Crippen LogP contribution is -2.13. The zero-order valence-electron chi connectivity index (χ0n) is 24.2. The summed E-state index contributed by atoms with van der Waals surface area (Å²) in [5.74, 6) is 0.658. The van der Waals surface area contributed by atoms with E-state index in [1.165, 1.54) is 24.0 Å². The van der Waals surface area contributed by atoms with Crippen LogP contribution in [0.3, 0.4) is 0 Å². The lowest BCUT2D eigenvalue weighted by atomic mass is 9.90. The topological polar surface area (TPSA) is 55.5 Å². The number of rotatable bonds is 16. The van der Waals surface area contributed by atoms with Crippen molar-refractivity contribution < 1.29 is 4.79 Å². The number of carbonyl (C=O) groups excluding carboxylic acids is 1. The molecule has 0 fully saturated rings. The van der Waals surface area contributed by atoms with Gasteiger partial charge in [-0.25, -0.2) is 0 Å². The van der Waals surface area contributed by atoms with Crippen molar-refractivity contribution in [1.82, 2.24) is 0 Å². The zero-order chi connectivity index (χ0) is 28.6. The Morgan fingerprint density at radius 3 is 2.38 bits per heavy atom. The summed E-state index contributed by atoms with van der Waals surface area (Å²) in [6.07, 6.45) is 25.0. The van der Waals surface area contributed by atoms with Gasteiger partial charge in [0.15, 0.2) is 0 Å². The first-order chi connectivity index (χ1) is 18.8. The molecule has 0 aliphatic carbocycles. The van der Waals surface area contributed by atoms with Crippen molar-refractivity contribution in [1.29, 1.82) is 0 Å². The van der Waals surface area contributed by atoms with Crippen LogP contribution >= 0.6 is 0 Å². The quantitative estimate of drug-likeness (QED) is 0.217. The molecular formula is C36H46N2O. The minimum absolute atomic E-state index is 0.271. The van der Waals surface area contributed by atoms with Crippen molar-refractivity contribution in [3.63, 3.8) is 0 Å². The molecule has 1 aliphatic heterocycles. The monoisotopic (exact) mass is 522 g/mol. The van der Waals surface area contributed by atoms with Crippen LogP contribution in [0, 0.1) is 11.8 Å². The first-order valence-electron chi connectivity index (χ1n) is 14.1. The second kappa shape index (κ2) is 17.0. The maximum absolute atomic E-state index is 11.1. The Bertz CT molecular complexity index is 1180. The van der Waals surface area contributed by atoms with E-state index in [0.717, 1.165) is 53.7 Å². The minimum atomic E-state index is -0.314. The Labute approximate surface area is 236 Å². The highest BCUT2D eigenvalue weighted by Gasteiger charge is 2.12. The van der Waals surface area contributed by atoms with E-state index >= 15 is 0 Å². The number of nitrogens with two attached hydrogens (primary N) is 1. The fraction of sp³-hybridized carbons (Fsp3) is 0.333. The molecule has 1 amide bonds. The summed E-state index contributed by atoms with van der Waals surface area (Å²) < 4.78 is 0. The average Bonchev–Trinajstić information content (AvgIpc) is 3.06. The Kier molecular flexibility index (Phi) is 13.7. The van der Waals surface area contributed by atoms with E-state index in [1.807, 2.05) is 48.7 Å². The molecule has 39 heavy (non-hydrogen) atoms. The molecular weight excluding hydrogens is 476 g/mol. The molecule has 0 bridgehead atoms. The SMILES string of the molecule is C=CC1=C(C/C=C/Cc2ccc(CC(N)=O)cc2)C(=C)C=CN=C1/C=C/CC/C(=C/C(C)C=C)C(C)CCC. The number of amides is 1. The van der Waals surface area contributed by atoms with Crippen LogP contribution in [0.2, 0.25) is 0 Å². The maximum atomic E-state index is 11.1. The standard InChI is InChI=1S/C36H46N2O/c1-7-14-28(5)32(25-27(4)8-2)16-11-13-18-35-33(9-3)34(29(6)23-24-38-35)17-12-10-15-30-19-21-31(22-20-30)26-36(37)39/h8-10,12-13,18-25,27-28H,2-3,6-7,11,14-17,26H2,1,4-5H3,(H2,37,39)/b12-10+,18-13+,32-25-. The highest BCUT2D eigenvalue weighted by Crippen LogP contribution is 2.26. The van der Waals surface area contributed by atoms with Gasteiger partial charge in [-0.2, -0.15) is 0 Å².